The fourth-order valence-electron chi connectivity index (χ4n) is 1.69. The van der Waals surface area contributed by atoms with Crippen LogP contribution in [-0.2, 0) is 7.05 Å². The smallest absolute Gasteiger partial charge is 0.128 e. The molecule has 2 rings (SSSR count). The normalized spacial score (nSPS) is 10.3. The molecule has 3 N–H and O–H groups in total. The molecule has 0 aliphatic rings. The molecule has 6 heteroatoms. The summed E-state index contributed by atoms with van der Waals surface area (Å²) in [5.41, 5.74) is 7.59. The Morgan fingerprint density at radius 2 is 2.22 bits per heavy atom. The van der Waals surface area contributed by atoms with E-state index in [2.05, 4.69) is 10.4 Å². The second-order valence-electron chi connectivity index (χ2n) is 3.71. The molecule has 94 valence electrons. The molecule has 2 aromatic rings. The first kappa shape index (κ1) is 12.9. The van der Waals surface area contributed by atoms with Crippen LogP contribution in [0.3, 0.4) is 0 Å². The average molecular weight is 278 g/mol. The molecule has 4 nitrogen and oxygen atoms in total. The third-order valence-electron chi connectivity index (χ3n) is 2.58. The summed E-state index contributed by atoms with van der Waals surface area (Å²) in [7, 11) is 1.88. The van der Waals surface area contributed by atoms with Crippen molar-refractivity contribution in [2.24, 2.45) is 12.8 Å². The monoisotopic (exact) mass is 278 g/mol. The Kier molecular flexibility index (Phi) is 3.88. The van der Waals surface area contributed by atoms with Crippen LogP contribution < -0.4 is 11.1 Å². The highest BCUT2D eigenvalue weighted by molar-refractivity contribution is 7.98. The largest absolute Gasteiger partial charge is 0.389 e. The van der Waals surface area contributed by atoms with E-state index in [1.54, 1.807) is 22.6 Å². The number of hydrogen-bond donors (Lipinski definition) is 2. The molecule has 0 fully saturated rings. The van der Waals surface area contributed by atoms with Crippen LogP contribution >= 0.6 is 24.0 Å². The van der Waals surface area contributed by atoms with Crippen molar-refractivity contribution in [1.82, 2.24) is 9.78 Å². The molecule has 1 aromatic heterocycles. The van der Waals surface area contributed by atoms with Gasteiger partial charge in [-0.25, -0.2) is 0 Å². The van der Waals surface area contributed by atoms with E-state index in [1.165, 1.54) is 0 Å². The zero-order valence-electron chi connectivity index (χ0n) is 10.2. The summed E-state index contributed by atoms with van der Waals surface area (Å²) in [6, 6.07) is 7.84. The molecule has 0 bridgehead atoms. The van der Waals surface area contributed by atoms with E-state index < -0.39 is 0 Å². The second kappa shape index (κ2) is 5.41. The summed E-state index contributed by atoms with van der Waals surface area (Å²) >= 11 is 6.76. The lowest BCUT2D eigenvalue weighted by Gasteiger charge is -2.14. The number of anilines is 2. The highest BCUT2D eigenvalue weighted by Crippen LogP contribution is 2.29. The summed E-state index contributed by atoms with van der Waals surface area (Å²) in [5.74, 6) is 0.894. The van der Waals surface area contributed by atoms with Crippen LogP contribution in [0, 0.1) is 0 Å². The molecule has 0 saturated carbocycles. The molecule has 0 unspecified atom stereocenters. The van der Waals surface area contributed by atoms with Crippen molar-refractivity contribution < 1.29 is 0 Å². The lowest BCUT2D eigenvalue weighted by molar-refractivity contribution is 0.776. The molecule has 0 amide bonds. The summed E-state index contributed by atoms with van der Waals surface area (Å²) < 4.78 is 1.76. The Bertz CT molecular complexity index is 577. The van der Waals surface area contributed by atoms with Crippen molar-refractivity contribution in [2.75, 3.05) is 11.6 Å². The zero-order chi connectivity index (χ0) is 13.1. The third-order valence-corrected chi connectivity index (χ3v) is 3.56. The van der Waals surface area contributed by atoms with E-state index in [-0.39, 0.29) is 0 Å². The van der Waals surface area contributed by atoms with Crippen molar-refractivity contribution in [3.63, 3.8) is 0 Å². The van der Waals surface area contributed by atoms with Gasteiger partial charge >= 0.3 is 0 Å². The summed E-state index contributed by atoms with van der Waals surface area (Å²) in [6.07, 6.45) is 3.74. The van der Waals surface area contributed by atoms with Crippen LogP contribution in [0.25, 0.3) is 0 Å². The van der Waals surface area contributed by atoms with Gasteiger partial charge in [-0.15, -0.1) is 11.8 Å². The predicted molar refractivity (Wildman–Crippen MR) is 80.6 cm³/mol. The minimum absolute atomic E-state index is 0.393. The lowest BCUT2D eigenvalue weighted by atomic mass is 10.1. The Morgan fingerprint density at radius 1 is 1.44 bits per heavy atom. The van der Waals surface area contributed by atoms with Crippen LogP contribution in [0.2, 0.25) is 0 Å². The third kappa shape index (κ3) is 2.49. The van der Waals surface area contributed by atoms with Crippen molar-refractivity contribution >= 4 is 40.5 Å². The molecule has 18 heavy (non-hydrogen) atoms. The Balaban J connectivity index is 2.44. The number of thioether (sulfide) groups is 1. The van der Waals surface area contributed by atoms with Crippen molar-refractivity contribution in [3.05, 3.63) is 36.0 Å². The standard InChI is InChI=1S/C12H14N4S2/c1-16-10(6-7-14-16)15-8-4-3-5-9(18-2)11(8)12(13)17/h3-7,15H,1-2H3,(H2,13,17). The van der Waals surface area contributed by atoms with Gasteiger partial charge in [0.25, 0.3) is 0 Å². The zero-order valence-corrected chi connectivity index (χ0v) is 11.8. The van der Waals surface area contributed by atoms with Crippen LogP contribution in [0.4, 0.5) is 11.5 Å². The number of nitrogens with zero attached hydrogens (tertiary/aromatic N) is 2. The molecule has 0 spiro atoms. The lowest BCUT2D eigenvalue weighted by Crippen LogP contribution is -2.14. The van der Waals surface area contributed by atoms with E-state index in [9.17, 15) is 0 Å². The highest BCUT2D eigenvalue weighted by atomic mass is 32.2. The number of nitrogens with one attached hydrogen (secondary N) is 1. The van der Waals surface area contributed by atoms with Crippen molar-refractivity contribution in [2.45, 2.75) is 4.90 Å². The summed E-state index contributed by atoms with van der Waals surface area (Å²) in [6.45, 7) is 0. The van der Waals surface area contributed by atoms with Crippen LogP contribution in [0.1, 0.15) is 5.56 Å². The van der Waals surface area contributed by atoms with Gasteiger partial charge < -0.3 is 11.1 Å². The van der Waals surface area contributed by atoms with E-state index in [1.807, 2.05) is 37.6 Å². The molecule has 0 aliphatic carbocycles. The topological polar surface area (TPSA) is 55.9 Å². The quantitative estimate of drug-likeness (QED) is 0.665. The van der Waals surface area contributed by atoms with Crippen LogP contribution in [0.5, 0.6) is 0 Å². The first-order valence-electron chi connectivity index (χ1n) is 5.35. The Hall–Kier alpha value is -1.53. The van der Waals surface area contributed by atoms with Gasteiger partial charge in [-0.05, 0) is 18.4 Å². The van der Waals surface area contributed by atoms with Crippen LogP contribution in [0.15, 0.2) is 35.4 Å². The van der Waals surface area contributed by atoms with Gasteiger partial charge in [-0.3, -0.25) is 4.68 Å². The number of benzene rings is 1. The van der Waals surface area contributed by atoms with Gasteiger partial charge in [0.15, 0.2) is 0 Å². The SMILES string of the molecule is CSc1cccc(Nc2ccnn2C)c1C(N)=S. The number of rotatable bonds is 4. The van der Waals surface area contributed by atoms with Gasteiger partial charge in [-0.1, -0.05) is 18.3 Å². The first-order valence-corrected chi connectivity index (χ1v) is 6.98. The molecule has 0 atom stereocenters. The molecular formula is C12H14N4S2. The summed E-state index contributed by atoms with van der Waals surface area (Å²) in [4.78, 5) is 1.46. The minimum atomic E-state index is 0.393. The van der Waals surface area contributed by atoms with E-state index in [0.29, 0.717) is 4.99 Å². The Labute approximate surface area is 116 Å². The predicted octanol–water partition coefficient (Wildman–Crippen LogP) is 2.52. The van der Waals surface area contributed by atoms with Crippen LogP contribution in [-0.4, -0.2) is 21.0 Å². The number of nitrogens with two attached hydrogens (primary N) is 1. The van der Waals surface area contributed by atoms with E-state index >= 15 is 0 Å². The maximum Gasteiger partial charge on any atom is 0.128 e. The van der Waals surface area contributed by atoms with Crippen molar-refractivity contribution in [1.29, 1.82) is 0 Å². The Morgan fingerprint density at radius 3 is 2.78 bits per heavy atom. The fourth-order valence-corrected chi connectivity index (χ4v) is 2.62. The van der Waals surface area contributed by atoms with Gasteiger partial charge in [0.2, 0.25) is 0 Å². The van der Waals surface area contributed by atoms with Gasteiger partial charge in [0.05, 0.1) is 11.9 Å². The van der Waals surface area contributed by atoms with Gasteiger partial charge in [0.1, 0.15) is 10.8 Å². The fraction of sp³-hybridized carbons (Fsp3) is 0.167. The molecule has 0 saturated heterocycles. The maximum absolute atomic E-state index is 5.81. The molecule has 0 aliphatic heterocycles. The van der Waals surface area contributed by atoms with Gasteiger partial charge in [-0.2, -0.15) is 5.10 Å². The highest BCUT2D eigenvalue weighted by Gasteiger charge is 2.11. The second-order valence-corrected chi connectivity index (χ2v) is 5.00. The number of aromatic nitrogens is 2. The number of hydrogen-bond acceptors (Lipinski definition) is 4. The van der Waals surface area contributed by atoms with Gasteiger partial charge in [0, 0.05) is 23.6 Å². The van der Waals surface area contributed by atoms with E-state index in [4.69, 9.17) is 18.0 Å². The van der Waals surface area contributed by atoms with Crippen molar-refractivity contribution in [3.8, 4) is 0 Å². The molecule has 1 heterocycles. The number of aryl methyl sites for hydroxylation is 1. The molecular weight excluding hydrogens is 264 g/mol. The average Bonchev–Trinajstić information content (AvgIpc) is 2.74. The number of thiocarbonyl (C=S) groups is 1. The minimum Gasteiger partial charge on any atom is -0.389 e. The van der Waals surface area contributed by atoms with E-state index in [0.717, 1.165) is 22.0 Å². The summed E-state index contributed by atoms with van der Waals surface area (Å²) in [5, 5.41) is 7.41. The maximum atomic E-state index is 5.81. The molecule has 1 aromatic carbocycles. The molecule has 0 radical (unpaired) electrons. The first-order chi connectivity index (χ1) is 8.63.